The van der Waals surface area contributed by atoms with E-state index in [1.165, 1.54) is 32.2 Å². The zero-order chi connectivity index (χ0) is 29.0. The van der Waals surface area contributed by atoms with Gasteiger partial charge in [-0.25, -0.2) is 0 Å². The first-order valence-corrected chi connectivity index (χ1v) is 12.3. The van der Waals surface area contributed by atoms with E-state index in [9.17, 15) is 43.8 Å². The quantitative estimate of drug-likeness (QED) is 0.164. The standard InChI is InChI=1S/C26H29N3O10/c1-29(2)20-13-7-10-6-12-11(15(31)8-28-9-16(32)39-3)4-5-14(30)18(12)21(33)17(10)23(35)26(13,38)24(36)19(22(20)34)25(27)37/h4-5,10,13,17,19-20,28,30,38H,6-9H2,1-3H3,(H2,27,37)/t10-,13-,17?,19?,20+,26-/m0/s1. The number of ether oxygens (including phenoxy) is 1. The number of phenolic OH excluding ortho intramolecular Hbond substituents is 1. The third-order valence-corrected chi connectivity index (χ3v) is 8.03. The number of fused-ring (bicyclic) bond motifs is 3. The molecule has 2 saturated carbocycles. The Labute approximate surface area is 222 Å². The number of aliphatic hydroxyl groups is 1. The summed E-state index contributed by atoms with van der Waals surface area (Å²) in [6, 6.07) is 1.24. The molecule has 39 heavy (non-hydrogen) atoms. The van der Waals surface area contributed by atoms with E-state index >= 15 is 0 Å². The summed E-state index contributed by atoms with van der Waals surface area (Å²) in [7, 11) is 4.18. The third kappa shape index (κ3) is 4.26. The molecule has 1 amide bonds. The number of hydrogen-bond donors (Lipinski definition) is 4. The second-order valence-electron chi connectivity index (χ2n) is 10.4. The van der Waals surface area contributed by atoms with E-state index in [1.807, 2.05) is 0 Å². The van der Waals surface area contributed by atoms with Crippen molar-refractivity contribution in [1.29, 1.82) is 0 Å². The maximum Gasteiger partial charge on any atom is 0.319 e. The van der Waals surface area contributed by atoms with Gasteiger partial charge in [0.15, 0.2) is 40.4 Å². The normalized spacial score (nSPS) is 29.9. The predicted octanol–water partition coefficient (Wildman–Crippen LogP) is -2.19. The van der Waals surface area contributed by atoms with Gasteiger partial charge in [0.1, 0.15) is 5.75 Å². The summed E-state index contributed by atoms with van der Waals surface area (Å²) < 4.78 is 4.52. The molecule has 3 aliphatic carbocycles. The molecule has 0 aliphatic heterocycles. The van der Waals surface area contributed by atoms with E-state index in [4.69, 9.17) is 5.73 Å². The number of rotatable bonds is 7. The number of phenols is 1. The van der Waals surface area contributed by atoms with Crippen LogP contribution in [-0.2, 0) is 35.1 Å². The highest BCUT2D eigenvalue weighted by Gasteiger charge is 2.69. The average molecular weight is 544 g/mol. The fourth-order valence-electron chi connectivity index (χ4n) is 6.31. The summed E-state index contributed by atoms with van der Waals surface area (Å²) >= 11 is 0. The number of carbonyl (C=O) groups is 7. The Morgan fingerprint density at radius 1 is 1.13 bits per heavy atom. The molecule has 0 spiro atoms. The molecular formula is C26H29N3O10. The zero-order valence-corrected chi connectivity index (χ0v) is 21.6. The van der Waals surface area contributed by atoms with E-state index in [0.29, 0.717) is 0 Å². The summed E-state index contributed by atoms with van der Waals surface area (Å²) in [6.45, 7) is -0.517. The van der Waals surface area contributed by atoms with Crippen molar-refractivity contribution in [3.05, 3.63) is 28.8 Å². The molecule has 4 rings (SSSR count). The van der Waals surface area contributed by atoms with Gasteiger partial charge in [0.2, 0.25) is 5.91 Å². The van der Waals surface area contributed by atoms with Crippen molar-refractivity contribution in [2.45, 2.75) is 24.5 Å². The SMILES string of the molecule is COC(=O)CNCC(=O)c1ccc(O)c2c1C[C@H]1C[C@H]3[C@@H](N(C)C)C(=O)C(C(N)=O)C(=O)[C@@]3(O)C(=O)C1C2=O. The molecule has 13 nitrogen and oxygen atoms in total. The van der Waals surface area contributed by atoms with Crippen LogP contribution in [0.15, 0.2) is 12.1 Å². The molecule has 5 N–H and O–H groups in total. The van der Waals surface area contributed by atoms with Crippen LogP contribution in [0.5, 0.6) is 5.75 Å². The van der Waals surface area contributed by atoms with Gasteiger partial charge in [-0.3, -0.25) is 43.8 Å². The van der Waals surface area contributed by atoms with Crippen molar-refractivity contribution in [3.63, 3.8) is 0 Å². The predicted molar refractivity (Wildman–Crippen MR) is 131 cm³/mol. The summed E-state index contributed by atoms with van der Waals surface area (Å²) in [5, 5.41) is 24.7. The molecule has 2 unspecified atom stereocenters. The number of benzene rings is 1. The van der Waals surface area contributed by atoms with Crippen molar-refractivity contribution in [1.82, 2.24) is 10.2 Å². The van der Waals surface area contributed by atoms with Crippen molar-refractivity contribution < 1.29 is 48.5 Å². The first-order chi connectivity index (χ1) is 18.3. The molecule has 13 heteroatoms. The summed E-state index contributed by atoms with van der Waals surface area (Å²) in [5.41, 5.74) is 2.48. The number of ketones is 5. The molecule has 1 aromatic carbocycles. The Morgan fingerprint density at radius 2 is 1.79 bits per heavy atom. The molecule has 0 bridgehead atoms. The van der Waals surface area contributed by atoms with Crippen molar-refractivity contribution >= 4 is 40.8 Å². The maximum atomic E-state index is 13.8. The van der Waals surface area contributed by atoms with Crippen molar-refractivity contribution in [2.24, 2.45) is 29.4 Å². The lowest BCUT2D eigenvalue weighted by atomic mass is 9.52. The van der Waals surface area contributed by atoms with Gasteiger partial charge in [-0.2, -0.15) is 0 Å². The molecule has 208 valence electrons. The number of carbonyl (C=O) groups excluding carboxylic acids is 7. The molecule has 0 radical (unpaired) electrons. The fraction of sp³-hybridized carbons (Fsp3) is 0.500. The largest absolute Gasteiger partial charge is 0.507 e. The van der Waals surface area contributed by atoms with Crippen molar-refractivity contribution in [3.8, 4) is 5.75 Å². The minimum absolute atomic E-state index is 0.0433. The number of nitrogens with zero attached hydrogens (tertiary/aromatic N) is 1. The number of hydrogen-bond acceptors (Lipinski definition) is 12. The van der Waals surface area contributed by atoms with Crippen LogP contribution in [0.3, 0.4) is 0 Å². The highest BCUT2D eigenvalue weighted by atomic mass is 16.5. The first kappa shape index (κ1) is 28.2. The monoisotopic (exact) mass is 543 g/mol. The number of nitrogens with two attached hydrogens (primary N) is 1. The van der Waals surface area contributed by atoms with Crippen LogP contribution in [0.4, 0.5) is 0 Å². The summed E-state index contributed by atoms with van der Waals surface area (Å²) in [5.74, 6) is -12.8. The van der Waals surface area contributed by atoms with Crippen LogP contribution < -0.4 is 11.1 Å². The van der Waals surface area contributed by atoms with E-state index < -0.39 is 81.9 Å². The number of likely N-dealkylation sites (N-methyl/N-ethyl adjacent to an activating group) is 1. The lowest BCUT2D eigenvalue weighted by molar-refractivity contribution is -0.181. The summed E-state index contributed by atoms with van der Waals surface area (Å²) in [6.07, 6.45) is -0.175. The van der Waals surface area contributed by atoms with Gasteiger partial charge in [0.25, 0.3) is 0 Å². The fourth-order valence-corrected chi connectivity index (χ4v) is 6.31. The van der Waals surface area contributed by atoms with E-state index in [2.05, 4.69) is 10.1 Å². The summed E-state index contributed by atoms with van der Waals surface area (Å²) in [4.78, 5) is 91.6. The van der Waals surface area contributed by atoms with Crippen molar-refractivity contribution in [2.75, 3.05) is 34.3 Å². The number of esters is 1. The molecule has 2 fully saturated rings. The van der Waals surface area contributed by atoms with Crippen LogP contribution in [0.25, 0.3) is 0 Å². The Balaban J connectivity index is 1.76. The third-order valence-electron chi connectivity index (χ3n) is 8.03. The lowest BCUT2D eigenvalue weighted by Gasteiger charge is -2.52. The van der Waals surface area contributed by atoms with Crippen LogP contribution >= 0.6 is 0 Å². The molecular weight excluding hydrogens is 514 g/mol. The molecule has 6 atom stereocenters. The maximum absolute atomic E-state index is 13.8. The number of aromatic hydroxyl groups is 1. The number of primary amides is 1. The molecule has 0 aromatic heterocycles. The number of amides is 1. The van der Waals surface area contributed by atoms with Gasteiger partial charge in [-0.1, -0.05) is 0 Å². The number of Topliss-reactive ketones (excluding diaryl/α,β-unsaturated/α-hetero) is 5. The van der Waals surface area contributed by atoms with Gasteiger partial charge in [0.05, 0.1) is 37.7 Å². The van der Waals surface area contributed by atoms with Crippen LogP contribution in [0.1, 0.15) is 32.7 Å². The van der Waals surface area contributed by atoms with Crippen LogP contribution in [-0.4, -0.2) is 102 Å². The Kier molecular flexibility index (Phi) is 7.27. The van der Waals surface area contributed by atoms with Crippen LogP contribution in [0.2, 0.25) is 0 Å². The minimum Gasteiger partial charge on any atom is -0.507 e. The zero-order valence-electron chi connectivity index (χ0n) is 21.6. The van der Waals surface area contributed by atoms with Gasteiger partial charge < -0.3 is 20.7 Å². The molecule has 0 heterocycles. The second-order valence-corrected chi connectivity index (χ2v) is 10.4. The average Bonchev–Trinajstić information content (AvgIpc) is 2.85. The van der Waals surface area contributed by atoms with E-state index in [0.717, 1.165) is 6.07 Å². The van der Waals surface area contributed by atoms with Crippen LogP contribution in [0, 0.1) is 23.7 Å². The smallest absolute Gasteiger partial charge is 0.319 e. The Morgan fingerprint density at radius 3 is 2.38 bits per heavy atom. The Hall–Kier alpha value is -3.81. The number of nitrogens with one attached hydrogen (secondary N) is 1. The van der Waals surface area contributed by atoms with Gasteiger partial charge in [-0.15, -0.1) is 0 Å². The lowest BCUT2D eigenvalue weighted by Crippen LogP contribution is -2.74. The van der Waals surface area contributed by atoms with E-state index in [1.54, 1.807) is 0 Å². The molecule has 3 aliphatic rings. The van der Waals surface area contributed by atoms with Gasteiger partial charge >= 0.3 is 5.97 Å². The molecule has 1 aromatic rings. The van der Waals surface area contributed by atoms with E-state index in [-0.39, 0.29) is 42.6 Å². The second kappa shape index (κ2) is 10.1. The Bertz CT molecular complexity index is 1320. The minimum atomic E-state index is -2.82. The first-order valence-electron chi connectivity index (χ1n) is 12.3. The van der Waals surface area contributed by atoms with Gasteiger partial charge in [-0.05, 0) is 50.6 Å². The molecule has 0 saturated heterocycles. The topological polar surface area (TPSA) is 210 Å². The highest BCUT2D eigenvalue weighted by molar-refractivity contribution is 6.32. The number of methoxy groups -OCH3 is 1. The highest BCUT2D eigenvalue weighted by Crippen LogP contribution is 2.51. The van der Waals surface area contributed by atoms with Gasteiger partial charge in [0, 0.05) is 11.5 Å².